The molecule has 2 aromatic rings. The number of benzene rings is 2. The number of carbonyl (C=O) groups excluding carboxylic acids is 1. The van der Waals surface area contributed by atoms with Crippen molar-refractivity contribution in [3.8, 4) is 5.75 Å². The van der Waals surface area contributed by atoms with Crippen LogP contribution in [0.2, 0.25) is 0 Å². The summed E-state index contributed by atoms with van der Waals surface area (Å²) in [5, 5.41) is 2.90. The molecular weight excluding hydrogens is 321 g/mol. The number of hydrogen-bond acceptors (Lipinski definition) is 3. The second-order valence-corrected chi connectivity index (χ2v) is 6.02. The number of ether oxygens (including phenoxy) is 1. The predicted molar refractivity (Wildman–Crippen MR) is 95.3 cm³/mol. The standard InChI is InChI=1S/C19H22FN3O2/c1-25-18-8-7-16(20)13-15(18)14-22-9-11-23(12-10-22)19(24)21-17-5-3-2-4-6-17/h2-8,13H,9-12,14H2,1H3,(H,21,24). The number of para-hydroxylation sites is 1. The van der Waals surface area contributed by atoms with Gasteiger partial charge in [-0.3, -0.25) is 4.90 Å². The zero-order valence-electron chi connectivity index (χ0n) is 14.2. The van der Waals surface area contributed by atoms with Crippen LogP contribution in [0.25, 0.3) is 0 Å². The number of nitrogens with zero attached hydrogens (tertiary/aromatic N) is 2. The third-order valence-electron chi connectivity index (χ3n) is 4.32. The van der Waals surface area contributed by atoms with Gasteiger partial charge in [0.2, 0.25) is 0 Å². The van der Waals surface area contributed by atoms with Crippen molar-refractivity contribution in [1.82, 2.24) is 9.80 Å². The molecule has 3 rings (SSSR count). The number of urea groups is 1. The normalized spacial score (nSPS) is 15.0. The highest BCUT2D eigenvalue weighted by Crippen LogP contribution is 2.21. The molecule has 2 aromatic carbocycles. The van der Waals surface area contributed by atoms with Crippen molar-refractivity contribution >= 4 is 11.7 Å². The zero-order chi connectivity index (χ0) is 17.6. The number of hydrogen-bond donors (Lipinski definition) is 1. The van der Waals surface area contributed by atoms with Gasteiger partial charge in [-0.2, -0.15) is 0 Å². The third-order valence-corrected chi connectivity index (χ3v) is 4.32. The molecule has 132 valence electrons. The van der Waals surface area contributed by atoms with Crippen molar-refractivity contribution in [2.75, 3.05) is 38.6 Å². The molecule has 6 heteroatoms. The van der Waals surface area contributed by atoms with Crippen molar-refractivity contribution in [3.63, 3.8) is 0 Å². The highest BCUT2D eigenvalue weighted by Gasteiger charge is 2.22. The fourth-order valence-corrected chi connectivity index (χ4v) is 2.94. The van der Waals surface area contributed by atoms with Crippen LogP contribution in [-0.4, -0.2) is 49.1 Å². The van der Waals surface area contributed by atoms with E-state index in [2.05, 4.69) is 10.2 Å². The molecule has 1 aliphatic rings. The molecule has 5 nitrogen and oxygen atoms in total. The molecule has 1 aliphatic heterocycles. The quantitative estimate of drug-likeness (QED) is 0.927. The number of halogens is 1. The Hall–Kier alpha value is -2.60. The SMILES string of the molecule is COc1ccc(F)cc1CN1CCN(C(=O)Nc2ccccc2)CC1. The molecule has 0 atom stereocenters. The molecule has 1 heterocycles. The van der Waals surface area contributed by atoms with Crippen LogP contribution < -0.4 is 10.1 Å². The Kier molecular flexibility index (Phi) is 5.50. The number of anilines is 1. The molecule has 0 aromatic heterocycles. The lowest BCUT2D eigenvalue weighted by Crippen LogP contribution is -2.49. The molecule has 1 N–H and O–H groups in total. The lowest BCUT2D eigenvalue weighted by molar-refractivity contribution is 0.142. The van der Waals surface area contributed by atoms with Crippen LogP contribution in [0.3, 0.4) is 0 Å². The van der Waals surface area contributed by atoms with E-state index in [-0.39, 0.29) is 11.8 Å². The minimum atomic E-state index is -0.267. The number of carbonyl (C=O) groups is 1. The predicted octanol–water partition coefficient (Wildman–Crippen LogP) is 3.18. The molecule has 1 saturated heterocycles. The van der Waals surface area contributed by atoms with Crippen LogP contribution in [-0.2, 0) is 6.54 Å². The van der Waals surface area contributed by atoms with E-state index in [9.17, 15) is 9.18 Å². The van der Waals surface area contributed by atoms with Gasteiger partial charge in [-0.25, -0.2) is 9.18 Å². The Morgan fingerprint density at radius 3 is 2.52 bits per heavy atom. The van der Waals surface area contributed by atoms with Gasteiger partial charge in [0, 0.05) is 44.0 Å². The summed E-state index contributed by atoms with van der Waals surface area (Å²) < 4.78 is 18.8. The van der Waals surface area contributed by atoms with Crippen LogP contribution in [0, 0.1) is 5.82 Å². The van der Waals surface area contributed by atoms with Crippen LogP contribution in [0.5, 0.6) is 5.75 Å². The summed E-state index contributed by atoms with van der Waals surface area (Å²) in [4.78, 5) is 16.3. The molecule has 0 unspecified atom stereocenters. The number of nitrogens with one attached hydrogen (secondary N) is 1. The summed E-state index contributed by atoms with van der Waals surface area (Å²) in [5.74, 6) is 0.419. The van der Waals surface area contributed by atoms with E-state index in [4.69, 9.17) is 4.74 Å². The first-order chi connectivity index (χ1) is 12.2. The minimum absolute atomic E-state index is 0.0887. The van der Waals surface area contributed by atoms with Crippen LogP contribution >= 0.6 is 0 Å². The van der Waals surface area contributed by atoms with E-state index in [1.54, 1.807) is 18.1 Å². The first kappa shape index (κ1) is 17.2. The van der Waals surface area contributed by atoms with Crippen molar-refractivity contribution in [2.24, 2.45) is 0 Å². The first-order valence-corrected chi connectivity index (χ1v) is 8.31. The molecule has 0 bridgehead atoms. The maximum Gasteiger partial charge on any atom is 0.321 e. The fourth-order valence-electron chi connectivity index (χ4n) is 2.94. The largest absolute Gasteiger partial charge is 0.496 e. The topological polar surface area (TPSA) is 44.8 Å². The van der Waals surface area contributed by atoms with Gasteiger partial charge in [-0.1, -0.05) is 18.2 Å². The lowest BCUT2D eigenvalue weighted by Gasteiger charge is -2.34. The van der Waals surface area contributed by atoms with Crippen LogP contribution in [0.4, 0.5) is 14.9 Å². The second kappa shape index (κ2) is 7.98. The van der Waals surface area contributed by atoms with Crippen LogP contribution in [0.1, 0.15) is 5.56 Å². The molecule has 25 heavy (non-hydrogen) atoms. The van der Waals surface area contributed by atoms with E-state index >= 15 is 0 Å². The van der Waals surface area contributed by atoms with Gasteiger partial charge >= 0.3 is 6.03 Å². The van der Waals surface area contributed by atoms with E-state index in [0.717, 1.165) is 24.3 Å². The Balaban J connectivity index is 1.53. The van der Waals surface area contributed by atoms with E-state index in [1.807, 2.05) is 30.3 Å². The molecule has 0 spiro atoms. The molecule has 0 radical (unpaired) electrons. The number of methoxy groups -OCH3 is 1. The van der Waals surface area contributed by atoms with Gasteiger partial charge in [0.1, 0.15) is 11.6 Å². The van der Waals surface area contributed by atoms with Gasteiger partial charge in [0.25, 0.3) is 0 Å². The number of rotatable bonds is 4. The van der Waals surface area contributed by atoms with Gasteiger partial charge in [-0.05, 0) is 30.3 Å². The Labute approximate surface area is 147 Å². The monoisotopic (exact) mass is 343 g/mol. The third kappa shape index (κ3) is 4.48. The molecule has 2 amide bonds. The summed E-state index contributed by atoms with van der Waals surface area (Å²) in [7, 11) is 1.59. The van der Waals surface area contributed by atoms with Gasteiger partial charge in [-0.15, -0.1) is 0 Å². The molecular formula is C19H22FN3O2. The molecule has 1 fully saturated rings. The fraction of sp³-hybridized carbons (Fsp3) is 0.316. The highest BCUT2D eigenvalue weighted by molar-refractivity contribution is 5.89. The second-order valence-electron chi connectivity index (χ2n) is 6.02. The lowest BCUT2D eigenvalue weighted by atomic mass is 10.1. The summed E-state index contributed by atoms with van der Waals surface area (Å²) in [6, 6.07) is 13.9. The summed E-state index contributed by atoms with van der Waals surface area (Å²) >= 11 is 0. The van der Waals surface area contributed by atoms with Gasteiger partial charge in [0.05, 0.1) is 7.11 Å². The van der Waals surface area contributed by atoms with Gasteiger partial charge < -0.3 is 15.0 Å². The Morgan fingerprint density at radius 1 is 1.12 bits per heavy atom. The number of piperazine rings is 1. The summed E-state index contributed by atoms with van der Waals surface area (Å²) in [6.07, 6.45) is 0. The van der Waals surface area contributed by atoms with E-state index < -0.39 is 0 Å². The Bertz CT molecular complexity index is 716. The van der Waals surface area contributed by atoms with Crippen molar-refractivity contribution < 1.29 is 13.9 Å². The van der Waals surface area contributed by atoms with E-state index in [1.165, 1.54) is 12.1 Å². The van der Waals surface area contributed by atoms with Crippen LogP contribution in [0.15, 0.2) is 48.5 Å². The van der Waals surface area contributed by atoms with Gasteiger partial charge in [0.15, 0.2) is 0 Å². The first-order valence-electron chi connectivity index (χ1n) is 8.31. The average molecular weight is 343 g/mol. The maximum absolute atomic E-state index is 13.5. The Morgan fingerprint density at radius 2 is 1.84 bits per heavy atom. The summed E-state index contributed by atoms with van der Waals surface area (Å²) in [5.41, 5.74) is 1.61. The average Bonchev–Trinajstić information content (AvgIpc) is 2.63. The number of amides is 2. The smallest absolute Gasteiger partial charge is 0.321 e. The maximum atomic E-state index is 13.5. The minimum Gasteiger partial charge on any atom is -0.496 e. The van der Waals surface area contributed by atoms with Crippen molar-refractivity contribution in [1.29, 1.82) is 0 Å². The summed E-state index contributed by atoms with van der Waals surface area (Å²) in [6.45, 7) is 3.35. The van der Waals surface area contributed by atoms with Crippen molar-refractivity contribution in [3.05, 3.63) is 59.9 Å². The highest BCUT2D eigenvalue weighted by atomic mass is 19.1. The molecule has 0 saturated carbocycles. The van der Waals surface area contributed by atoms with Crippen molar-refractivity contribution in [2.45, 2.75) is 6.54 Å². The molecule has 0 aliphatic carbocycles. The van der Waals surface area contributed by atoms with E-state index in [0.29, 0.717) is 25.4 Å². The zero-order valence-corrected chi connectivity index (χ0v) is 14.2.